The van der Waals surface area contributed by atoms with Gasteiger partial charge >= 0.3 is 35.8 Å². The minimum absolute atomic E-state index is 0.170. The molecule has 0 heterocycles. The molecule has 2 rings (SSSR count). The molecule has 3 unspecified atom stereocenters. The molecule has 1 saturated carbocycles. The number of halogens is 13. The SMILES string of the molecule is FC(F)(F)C(F)(F)C(F)(F)C(F)(F)C(F)(F)C(F)(F)C1CC2C=CC1C2. The van der Waals surface area contributed by atoms with Crippen molar-refractivity contribution in [2.45, 2.75) is 48.6 Å². The molecule has 13 heteroatoms. The van der Waals surface area contributed by atoms with Gasteiger partial charge in [-0.05, 0) is 24.7 Å². The lowest BCUT2D eigenvalue weighted by atomic mass is 9.81. The lowest BCUT2D eigenvalue weighted by Crippen LogP contribution is -2.71. The zero-order chi connectivity index (χ0) is 20.6. The van der Waals surface area contributed by atoms with E-state index in [0.717, 1.165) is 6.08 Å². The molecule has 0 aromatic carbocycles. The first-order valence-electron chi connectivity index (χ1n) is 6.96. The minimum atomic E-state index is -7.82. The molecule has 2 bridgehead atoms. The maximum atomic E-state index is 14.0. The molecule has 3 atom stereocenters. The Morgan fingerprint density at radius 2 is 1.00 bits per heavy atom. The highest BCUT2D eigenvalue weighted by Crippen LogP contribution is 2.63. The van der Waals surface area contributed by atoms with Gasteiger partial charge in [0.1, 0.15) is 0 Å². The predicted octanol–water partition coefficient (Wildman–Crippen LogP) is 5.94. The van der Waals surface area contributed by atoms with E-state index in [2.05, 4.69) is 0 Å². The van der Waals surface area contributed by atoms with E-state index in [1.165, 1.54) is 6.08 Å². The molecule has 26 heavy (non-hydrogen) atoms. The van der Waals surface area contributed by atoms with Gasteiger partial charge in [0.05, 0.1) is 0 Å². The molecule has 0 aliphatic heterocycles. The largest absolute Gasteiger partial charge is 0.460 e. The number of rotatable bonds is 5. The summed E-state index contributed by atoms with van der Waals surface area (Å²) in [4.78, 5) is 0. The molecular formula is C13H9F13. The molecule has 2 aliphatic carbocycles. The van der Waals surface area contributed by atoms with Crippen LogP contribution in [0.15, 0.2) is 12.2 Å². The fraction of sp³-hybridized carbons (Fsp3) is 0.846. The summed E-state index contributed by atoms with van der Waals surface area (Å²) in [5.41, 5.74) is 0. The number of allylic oxidation sites excluding steroid dienone is 2. The van der Waals surface area contributed by atoms with Crippen LogP contribution in [0.2, 0.25) is 0 Å². The van der Waals surface area contributed by atoms with Crippen LogP contribution >= 0.6 is 0 Å². The average Bonchev–Trinajstić information content (AvgIpc) is 3.07. The van der Waals surface area contributed by atoms with E-state index in [-0.39, 0.29) is 6.42 Å². The van der Waals surface area contributed by atoms with Gasteiger partial charge in [-0.15, -0.1) is 0 Å². The summed E-state index contributed by atoms with van der Waals surface area (Å²) in [5, 5.41) is 0. The minimum Gasteiger partial charge on any atom is -0.199 e. The Morgan fingerprint density at radius 3 is 1.35 bits per heavy atom. The second-order valence-electron chi connectivity index (χ2n) is 6.31. The molecule has 0 nitrogen and oxygen atoms in total. The van der Waals surface area contributed by atoms with E-state index in [0.29, 0.717) is 0 Å². The summed E-state index contributed by atoms with van der Waals surface area (Å²) < 4.78 is 170. The number of alkyl halides is 13. The van der Waals surface area contributed by atoms with Crippen LogP contribution in [0.25, 0.3) is 0 Å². The second-order valence-corrected chi connectivity index (χ2v) is 6.31. The normalized spacial score (nSPS) is 28.1. The molecular weight excluding hydrogens is 403 g/mol. The van der Waals surface area contributed by atoms with Crippen molar-refractivity contribution in [3.63, 3.8) is 0 Å². The summed E-state index contributed by atoms with van der Waals surface area (Å²) in [6.07, 6.45) is -6.10. The van der Waals surface area contributed by atoms with Gasteiger partial charge in [0.25, 0.3) is 0 Å². The van der Waals surface area contributed by atoms with Crippen LogP contribution in [0.5, 0.6) is 0 Å². The van der Waals surface area contributed by atoms with Crippen LogP contribution in [0.1, 0.15) is 12.8 Å². The summed E-state index contributed by atoms with van der Waals surface area (Å²) in [5.74, 6) is -41.0. The zero-order valence-corrected chi connectivity index (χ0v) is 12.2. The third-order valence-electron chi connectivity index (χ3n) is 4.70. The van der Waals surface area contributed by atoms with Crippen molar-refractivity contribution in [3.05, 3.63) is 12.2 Å². The van der Waals surface area contributed by atoms with E-state index < -0.39 is 60.0 Å². The molecule has 0 aromatic heterocycles. The Hall–Kier alpha value is -1.17. The highest BCUT2D eigenvalue weighted by molar-refractivity contribution is 5.18. The third kappa shape index (κ3) is 2.44. The molecule has 0 amide bonds. The lowest BCUT2D eigenvalue weighted by Gasteiger charge is -2.42. The van der Waals surface area contributed by atoms with Crippen molar-refractivity contribution in [2.75, 3.05) is 0 Å². The fourth-order valence-electron chi connectivity index (χ4n) is 3.21. The van der Waals surface area contributed by atoms with Crippen LogP contribution in [-0.2, 0) is 0 Å². The second kappa shape index (κ2) is 5.43. The van der Waals surface area contributed by atoms with Gasteiger partial charge in [-0.3, -0.25) is 0 Å². The first-order chi connectivity index (χ1) is 11.3. The van der Waals surface area contributed by atoms with E-state index in [1.54, 1.807) is 0 Å². The van der Waals surface area contributed by atoms with Gasteiger partial charge < -0.3 is 0 Å². The fourth-order valence-corrected chi connectivity index (χ4v) is 3.21. The van der Waals surface area contributed by atoms with Crippen molar-refractivity contribution in [2.24, 2.45) is 17.8 Å². The van der Waals surface area contributed by atoms with Crippen molar-refractivity contribution in [1.29, 1.82) is 0 Å². The van der Waals surface area contributed by atoms with Gasteiger partial charge in [0, 0.05) is 5.92 Å². The maximum absolute atomic E-state index is 14.0. The average molecular weight is 412 g/mol. The van der Waals surface area contributed by atoms with Crippen molar-refractivity contribution < 1.29 is 57.1 Å². The zero-order valence-electron chi connectivity index (χ0n) is 12.2. The quantitative estimate of drug-likeness (QED) is 0.388. The van der Waals surface area contributed by atoms with Gasteiger partial charge in [0.15, 0.2) is 0 Å². The summed E-state index contributed by atoms with van der Waals surface area (Å²) in [6, 6.07) is 0. The van der Waals surface area contributed by atoms with Gasteiger partial charge in [-0.1, -0.05) is 12.2 Å². The highest BCUT2D eigenvalue weighted by atomic mass is 19.4. The van der Waals surface area contributed by atoms with Crippen LogP contribution in [0.3, 0.4) is 0 Å². The first-order valence-corrected chi connectivity index (χ1v) is 6.96. The first kappa shape index (κ1) is 21.1. The Morgan fingerprint density at radius 1 is 0.538 bits per heavy atom. The number of fused-ring (bicyclic) bond motifs is 2. The lowest BCUT2D eigenvalue weighted by molar-refractivity contribution is -0.443. The predicted molar refractivity (Wildman–Crippen MR) is 59.6 cm³/mol. The van der Waals surface area contributed by atoms with E-state index in [1.807, 2.05) is 0 Å². The van der Waals surface area contributed by atoms with E-state index in [9.17, 15) is 57.1 Å². The molecule has 0 saturated heterocycles. The molecule has 152 valence electrons. The summed E-state index contributed by atoms with van der Waals surface area (Å²) in [6.45, 7) is 0. The maximum Gasteiger partial charge on any atom is 0.460 e. The Labute approximate surface area is 137 Å². The molecule has 0 spiro atoms. The Kier molecular flexibility index (Phi) is 4.41. The molecule has 1 fully saturated rings. The van der Waals surface area contributed by atoms with Crippen LogP contribution in [-0.4, -0.2) is 35.8 Å². The Balaban J connectivity index is 2.47. The standard InChI is InChI=1S/C13H9F13/c14-8(15,7-4-5-1-2-6(7)3-5)9(16,17)10(18,19)11(20,21)12(22,23)13(24,25)26/h1-2,5-7H,3-4H2. The van der Waals surface area contributed by atoms with Gasteiger partial charge in [-0.2, -0.15) is 57.1 Å². The monoisotopic (exact) mass is 412 g/mol. The Bertz CT molecular complexity index is 585. The van der Waals surface area contributed by atoms with Crippen molar-refractivity contribution >= 4 is 0 Å². The topological polar surface area (TPSA) is 0 Å². The third-order valence-corrected chi connectivity index (χ3v) is 4.70. The van der Waals surface area contributed by atoms with Gasteiger partial charge in [-0.25, -0.2) is 0 Å². The highest BCUT2D eigenvalue weighted by Gasteiger charge is 2.91. The van der Waals surface area contributed by atoms with Crippen LogP contribution < -0.4 is 0 Å². The molecule has 0 N–H and O–H groups in total. The van der Waals surface area contributed by atoms with Crippen LogP contribution in [0, 0.1) is 17.8 Å². The summed E-state index contributed by atoms with van der Waals surface area (Å²) in [7, 11) is 0. The van der Waals surface area contributed by atoms with Crippen LogP contribution in [0.4, 0.5) is 57.1 Å². The van der Waals surface area contributed by atoms with Gasteiger partial charge in [0.2, 0.25) is 0 Å². The van der Waals surface area contributed by atoms with Crippen molar-refractivity contribution in [3.8, 4) is 0 Å². The van der Waals surface area contributed by atoms with Crippen molar-refractivity contribution in [1.82, 2.24) is 0 Å². The number of hydrogen-bond donors (Lipinski definition) is 0. The number of hydrogen-bond acceptors (Lipinski definition) is 0. The van der Waals surface area contributed by atoms with E-state index in [4.69, 9.17) is 0 Å². The molecule has 0 radical (unpaired) electrons. The smallest absolute Gasteiger partial charge is 0.199 e. The summed E-state index contributed by atoms with van der Waals surface area (Å²) >= 11 is 0. The van der Waals surface area contributed by atoms with E-state index >= 15 is 0 Å². The molecule has 2 aliphatic rings. The molecule has 0 aromatic rings.